The number of halogens is 3. The number of nitrogens with zero attached hydrogens (tertiary/aromatic N) is 3. The van der Waals surface area contributed by atoms with Crippen LogP contribution in [0.4, 0.5) is 23.8 Å². The standard InChI is InChI=1S/C14H16F3N3O/c1-10(2)5-6-19-7-8-20(13(19)21)12-4-3-11(9-18-12)14(15,16)17/h3-5,9H,6-8H2,1-2H3. The second-order valence-electron chi connectivity index (χ2n) is 5.06. The fourth-order valence-corrected chi connectivity index (χ4v) is 1.97. The first-order chi connectivity index (χ1) is 9.79. The molecule has 0 aliphatic carbocycles. The Kier molecular flexibility index (Phi) is 4.20. The van der Waals surface area contributed by atoms with E-state index in [2.05, 4.69) is 4.98 Å². The summed E-state index contributed by atoms with van der Waals surface area (Å²) in [5.41, 5.74) is 0.285. The van der Waals surface area contributed by atoms with Crippen molar-refractivity contribution >= 4 is 11.8 Å². The minimum absolute atomic E-state index is 0.236. The molecule has 1 aliphatic heterocycles. The molecule has 1 fully saturated rings. The van der Waals surface area contributed by atoms with Crippen molar-refractivity contribution in [1.82, 2.24) is 9.88 Å². The smallest absolute Gasteiger partial charge is 0.319 e. The highest BCUT2D eigenvalue weighted by molar-refractivity contribution is 5.93. The van der Waals surface area contributed by atoms with Crippen LogP contribution in [0.25, 0.3) is 0 Å². The van der Waals surface area contributed by atoms with Crippen molar-refractivity contribution in [3.05, 3.63) is 35.5 Å². The van der Waals surface area contributed by atoms with E-state index < -0.39 is 11.7 Å². The molecule has 21 heavy (non-hydrogen) atoms. The van der Waals surface area contributed by atoms with Crippen molar-refractivity contribution in [3.63, 3.8) is 0 Å². The second-order valence-corrected chi connectivity index (χ2v) is 5.06. The number of hydrogen-bond donors (Lipinski definition) is 0. The summed E-state index contributed by atoms with van der Waals surface area (Å²) in [6.45, 7) is 5.34. The number of urea groups is 1. The number of amides is 2. The van der Waals surface area contributed by atoms with Crippen LogP contribution >= 0.6 is 0 Å². The Hall–Kier alpha value is -2.05. The van der Waals surface area contributed by atoms with Gasteiger partial charge in [0.25, 0.3) is 0 Å². The quantitative estimate of drug-likeness (QED) is 0.803. The summed E-state index contributed by atoms with van der Waals surface area (Å²) in [4.78, 5) is 18.9. The average molecular weight is 299 g/mol. The summed E-state index contributed by atoms with van der Waals surface area (Å²) in [7, 11) is 0. The predicted octanol–water partition coefficient (Wildman–Crippen LogP) is 3.31. The van der Waals surface area contributed by atoms with E-state index in [1.54, 1.807) is 4.90 Å². The molecule has 0 saturated carbocycles. The maximum absolute atomic E-state index is 12.5. The van der Waals surface area contributed by atoms with E-state index >= 15 is 0 Å². The first-order valence-corrected chi connectivity index (χ1v) is 6.52. The van der Waals surface area contributed by atoms with Gasteiger partial charge < -0.3 is 4.90 Å². The van der Waals surface area contributed by atoms with Crippen molar-refractivity contribution in [3.8, 4) is 0 Å². The Balaban J connectivity index is 2.10. The largest absolute Gasteiger partial charge is 0.417 e. The Morgan fingerprint density at radius 1 is 1.33 bits per heavy atom. The molecule has 0 aromatic carbocycles. The molecule has 0 N–H and O–H groups in total. The number of hydrogen-bond acceptors (Lipinski definition) is 2. The lowest BCUT2D eigenvalue weighted by molar-refractivity contribution is -0.137. The Morgan fingerprint density at radius 3 is 2.57 bits per heavy atom. The van der Waals surface area contributed by atoms with Gasteiger partial charge in [0.15, 0.2) is 0 Å². The van der Waals surface area contributed by atoms with Crippen LogP contribution in [0.1, 0.15) is 19.4 Å². The second kappa shape index (κ2) is 5.75. The van der Waals surface area contributed by atoms with Crippen molar-refractivity contribution in [2.45, 2.75) is 20.0 Å². The predicted molar refractivity (Wildman–Crippen MR) is 73.0 cm³/mol. The van der Waals surface area contributed by atoms with Gasteiger partial charge in [-0.3, -0.25) is 4.90 Å². The van der Waals surface area contributed by atoms with Crippen molar-refractivity contribution in [2.75, 3.05) is 24.5 Å². The van der Waals surface area contributed by atoms with Gasteiger partial charge in [-0.2, -0.15) is 13.2 Å². The third kappa shape index (κ3) is 3.53. The lowest BCUT2D eigenvalue weighted by Crippen LogP contribution is -2.32. The molecule has 2 amide bonds. The van der Waals surface area contributed by atoms with Gasteiger partial charge in [0.05, 0.1) is 5.56 Å². The lowest BCUT2D eigenvalue weighted by atomic mass is 10.3. The molecule has 2 heterocycles. The summed E-state index contributed by atoms with van der Waals surface area (Å²) in [5.74, 6) is 0.243. The third-order valence-corrected chi connectivity index (χ3v) is 3.17. The molecule has 0 radical (unpaired) electrons. The fourth-order valence-electron chi connectivity index (χ4n) is 1.97. The number of anilines is 1. The third-order valence-electron chi connectivity index (χ3n) is 3.17. The van der Waals surface area contributed by atoms with Crippen LogP contribution < -0.4 is 4.90 Å². The van der Waals surface area contributed by atoms with Crippen LogP contribution in [-0.2, 0) is 6.18 Å². The molecule has 1 aromatic heterocycles. The first-order valence-electron chi connectivity index (χ1n) is 6.52. The molecule has 1 aliphatic rings. The van der Waals surface area contributed by atoms with Gasteiger partial charge in [0, 0.05) is 25.8 Å². The van der Waals surface area contributed by atoms with Crippen LogP contribution in [0.2, 0.25) is 0 Å². The minimum Gasteiger partial charge on any atom is -0.319 e. The summed E-state index contributed by atoms with van der Waals surface area (Å²) < 4.78 is 37.4. The van der Waals surface area contributed by atoms with E-state index in [0.717, 1.165) is 17.8 Å². The zero-order chi connectivity index (χ0) is 15.6. The summed E-state index contributed by atoms with van der Waals surface area (Å²) in [6.07, 6.45) is -1.74. The zero-order valence-electron chi connectivity index (χ0n) is 11.8. The lowest BCUT2D eigenvalue weighted by Gasteiger charge is -2.17. The molecule has 1 saturated heterocycles. The highest BCUT2D eigenvalue weighted by Crippen LogP contribution is 2.29. The molecule has 0 unspecified atom stereocenters. The van der Waals surface area contributed by atoms with Gasteiger partial charge in [-0.25, -0.2) is 9.78 Å². The van der Waals surface area contributed by atoms with Crippen LogP contribution in [0.3, 0.4) is 0 Å². The minimum atomic E-state index is -4.42. The summed E-state index contributed by atoms with van der Waals surface area (Å²) in [6, 6.07) is 1.93. The van der Waals surface area contributed by atoms with E-state index in [1.807, 2.05) is 19.9 Å². The number of allylic oxidation sites excluding steroid dienone is 1. The monoisotopic (exact) mass is 299 g/mol. The number of aromatic nitrogens is 1. The van der Waals surface area contributed by atoms with Gasteiger partial charge in [-0.15, -0.1) is 0 Å². The summed E-state index contributed by atoms with van der Waals surface area (Å²) >= 11 is 0. The molecule has 4 nitrogen and oxygen atoms in total. The van der Waals surface area contributed by atoms with Crippen LogP contribution in [0, 0.1) is 0 Å². The van der Waals surface area contributed by atoms with E-state index in [1.165, 1.54) is 11.0 Å². The maximum Gasteiger partial charge on any atom is 0.417 e. The zero-order valence-corrected chi connectivity index (χ0v) is 11.8. The van der Waals surface area contributed by atoms with Gasteiger partial charge in [-0.1, -0.05) is 11.6 Å². The molecular formula is C14H16F3N3O. The Morgan fingerprint density at radius 2 is 2.05 bits per heavy atom. The number of pyridine rings is 1. The SMILES string of the molecule is CC(C)=CCN1CCN(c2ccc(C(F)(F)F)cn2)C1=O. The van der Waals surface area contributed by atoms with Gasteiger partial charge in [0.1, 0.15) is 5.82 Å². The van der Waals surface area contributed by atoms with Crippen LogP contribution in [0.15, 0.2) is 30.0 Å². The van der Waals surface area contributed by atoms with E-state index in [0.29, 0.717) is 19.6 Å². The molecule has 0 spiro atoms. The van der Waals surface area contributed by atoms with Crippen LogP contribution in [-0.4, -0.2) is 35.5 Å². The van der Waals surface area contributed by atoms with E-state index in [4.69, 9.17) is 0 Å². The van der Waals surface area contributed by atoms with Crippen molar-refractivity contribution in [1.29, 1.82) is 0 Å². The Bertz CT molecular complexity index is 548. The molecule has 1 aromatic rings. The highest BCUT2D eigenvalue weighted by atomic mass is 19.4. The summed E-state index contributed by atoms with van der Waals surface area (Å²) in [5, 5.41) is 0. The molecule has 0 atom stereocenters. The molecular weight excluding hydrogens is 283 g/mol. The van der Waals surface area contributed by atoms with Gasteiger partial charge >= 0.3 is 12.2 Å². The van der Waals surface area contributed by atoms with Gasteiger partial charge in [-0.05, 0) is 26.0 Å². The number of carbonyl (C=O) groups is 1. The van der Waals surface area contributed by atoms with Crippen LogP contribution in [0.5, 0.6) is 0 Å². The average Bonchev–Trinajstić information content (AvgIpc) is 2.77. The van der Waals surface area contributed by atoms with Crippen molar-refractivity contribution in [2.24, 2.45) is 0 Å². The van der Waals surface area contributed by atoms with Gasteiger partial charge in [0.2, 0.25) is 0 Å². The highest BCUT2D eigenvalue weighted by Gasteiger charge is 2.33. The maximum atomic E-state index is 12.5. The fraction of sp³-hybridized carbons (Fsp3) is 0.429. The number of alkyl halides is 3. The normalized spacial score (nSPS) is 15.6. The van der Waals surface area contributed by atoms with E-state index in [9.17, 15) is 18.0 Å². The molecule has 2 rings (SSSR count). The van der Waals surface area contributed by atoms with Crippen molar-refractivity contribution < 1.29 is 18.0 Å². The van der Waals surface area contributed by atoms with E-state index in [-0.39, 0.29) is 11.8 Å². The molecule has 114 valence electrons. The Labute approximate surface area is 120 Å². The first kappa shape index (κ1) is 15.3. The topological polar surface area (TPSA) is 36.4 Å². The molecule has 0 bridgehead atoms. The number of rotatable bonds is 3. The molecule has 7 heteroatoms. The number of carbonyl (C=O) groups excluding carboxylic acids is 1.